The smallest absolute Gasteiger partial charge is 0.266 e. The Morgan fingerprint density at radius 1 is 0.778 bits per heavy atom. The standard InChI is InChI=1S/C22H16BrNO3/c1-13-4-3-5-14(2)20(13)24-21(25)18-11-10-17(12-19(18)22(24)26)27-16-8-6-15(23)7-9-16/h3-12H,1-2H3. The fraction of sp³-hybridized carbons (Fsp3) is 0.0909. The van der Waals surface area contributed by atoms with Crippen molar-refractivity contribution in [3.05, 3.63) is 87.4 Å². The second-order valence-corrected chi connectivity index (χ2v) is 7.37. The molecular weight excluding hydrogens is 406 g/mol. The van der Waals surface area contributed by atoms with Gasteiger partial charge in [0.2, 0.25) is 0 Å². The van der Waals surface area contributed by atoms with Crippen molar-refractivity contribution in [2.75, 3.05) is 4.90 Å². The molecule has 5 heteroatoms. The molecule has 27 heavy (non-hydrogen) atoms. The number of benzene rings is 3. The third-order valence-electron chi connectivity index (χ3n) is 4.57. The van der Waals surface area contributed by atoms with Crippen molar-refractivity contribution in [1.82, 2.24) is 0 Å². The van der Waals surface area contributed by atoms with E-state index in [2.05, 4.69) is 15.9 Å². The van der Waals surface area contributed by atoms with Crippen LogP contribution >= 0.6 is 15.9 Å². The SMILES string of the molecule is Cc1cccc(C)c1N1C(=O)c2ccc(Oc3ccc(Br)cc3)cc2C1=O. The van der Waals surface area contributed by atoms with E-state index in [1.165, 1.54) is 4.90 Å². The molecule has 3 aromatic carbocycles. The molecule has 4 rings (SSSR count). The van der Waals surface area contributed by atoms with E-state index in [-0.39, 0.29) is 11.8 Å². The second-order valence-electron chi connectivity index (χ2n) is 6.45. The van der Waals surface area contributed by atoms with E-state index in [1.54, 1.807) is 18.2 Å². The summed E-state index contributed by atoms with van der Waals surface area (Å²) in [4.78, 5) is 27.1. The number of amides is 2. The average Bonchev–Trinajstić information content (AvgIpc) is 2.88. The van der Waals surface area contributed by atoms with E-state index in [1.807, 2.05) is 56.3 Å². The van der Waals surface area contributed by atoms with Crippen LogP contribution in [0.4, 0.5) is 5.69 Å². The summed E-state index contributed by atoms with van der Waals surface area (Å²) in [6, 6.07) is 18.1. The number of para-hydroxylation sites is 1. The fourth-order valence-electron chi connectivity index (χ4n) is 3.28. The highest BCUT2D eigenvalue weighted by Gasteiger charge is 2.38. The Labute approximate surface area is 165 Å². The number of hydrogen-bond donors (Lipinski definition) is 0. The first-order valence-corrected chi connectivity index (χ1v) is 9.27. The third kappa shape index (κ3) is 3.04. The molecule has 0 spiro atoms. The maximum atomic E-state index is 13.0. The number of rotatable bonds is 3. The minimum Gasteiger partial charge on any atom is -0.457 e. The molecule has 3 aromatic rings. The maximum absolute atomic E-state index is 13.0. The predicted octanol–water partition coefficient (Wildman–Crippen LogP) is 5.66. The Morgan fingerprint density at radius 3 is 2.04 bits per heavy atom. The van der Waals surface area contributed by atoms with Crippen molar-refractivity contribution in [1.29, 1.82) is 0 Å². The second kappa shape index (κ2) is 6.67. The Hall–Kier alpha value is -2.92. The van der Waals surface area contributed by atoms with Gasteiger partial charge in [0, 0.05) is 4.47 Å². The Morgan fingerprint density at radius 2 is 1.37 bits per heavy atom. The monoisotopic (exact) mass is 421 g/mol. The predicted molar refractivity (Wildman–Crippen MR) is 108 cm³/mol. The maximum Gasteiger partial charge on any atom is 0.266 e. The summed E-state index contributed by atoms with van der Waals surface area (Å²) in [5, 5.41) is 0. The van der Waals surface area contributed by atoms with E-state index >= 15 is 0 Å². The molecule has 0 radical (unpaired) electrons. The Balaban J connectivity index is 1.70. The number of halogens is 1. The summed E-state index contributed by atoms with van der Waals surface area (Å²) in [7, 11) is 0. The van der Waals surface area contributed by atoms with Crippen molar-refractivity contribution >= 4 is 33.4 Å². The van der Waals surface area contributed by atoms with Gasteiger partial charge in [-0.25, -0.2) is 4.90 Å². The van der Waals surface area contributed by atoms with Gasteiger partial charge in [0.1, 0.15) is 11.5 Å². The summed E-state index contributed by atoms with van der Waals surface area (Å²) in [5.41, 5.74) is 3.17. The first-order valence-electron chi connectivity index (χ1n) is 8.48. The van der Waals surface area contributed by atoms with Gasteiger partial charge >= 0.3 is 0 Å². The molecule has 4 nitrogen and oxygen atoms in total. The highest BCUT2D eigenvalue weighted by Crippen LogP contribution is 2.35. The minimum absolute atomic E-state index is 0.303. The molecule has 1 heterocycles. The molecule has 0 aliphatic carbocycles. The van der Waals surface area contributed by atoms with Crippen LogP contribution in [-0.2, 0) is 0 Å². The van der Waals surface area contributed by atoms with Crippen LogP contribution in [0.3, 0.4) is 0 Å². The number of nitrogens with zero attached hydrogens (tertiary/aromatic N) is 1. The first-order chi connectivity index (χ1) is 13.0. The van der Waals surface area contributed by atoms with Crippen molar-refractivity contribution in [3.8, 4) is 11.5 Å². The molecule has 1 aliphatic heterocycles. The van der Waals surface area contributed by atoms with Crippen LogP contribution in [0.15, 0.2) is 65.1 Å². The number of ether oxygens (including phenoxy) is 1. The summed E-state index contributed by atoms with van der Waals surface area (Å²) in [6.07, 6.45) is 0. The van der Waals surface area contributed by atoms with Crippen LogP contribution in [0.2, 0.25) is 0 Å². The quantitative estimate of drug-likeness (QED) is 0.512. The molecule has 0 aromatic heterocycles. The molecule has 0 bridgehead atoms. The van der Waals surface area contributed by atoms with E-state index in [4.69, 9.17) is 4.74 Å². The van der Waals surface area contributed by atoms with Crippen LogP contribution in [0.25, 0.3) is 0 Å². The van der Waals surface area contributed by atoms with Crippen LogP contribution in [0, 0.1) is 13.8 Å². The zero-order valence-corrected chi connectivity index (χ0v) is 16.4. The van der Waals surface area contributed by atoms with Crippen LogP contribution < -0.4 is 9.64 Å². The number of carbonyl (C=O) groups excluding carboxylic acids is 2. The molecule has 0 atom stereocenters. The van der Waals surface area contributed by atoms with Gasteiger partial charge < -0.3 is 4.74 Å². The van der Waals surface area contributed by atoms with Crippen LogP contribution in [0.1, 0.15) is 31.8 Å². The molecule has 0 fully saturated rings. The lowest BCUT2D eigenvalue weighted by molar-refractivity contribution is 0.0925. The topological polar surface area (TPSA) is 46.6 Å². The Kier molecular flexibility index (Phi) is 4.32. The average molecular weight is 422 g/mol. The van der Waals surface area contributed by atoms with Gasteiger partial charge in [-0.3, -0.25) is 9.59 Å². The fourth-order valence-corrected chi connectivity index (χ4v) is 3.55. The summed E-state index contributed by atoms with van der Waals surface area (Å²) >= 11 is 3.38. The summed E-state index contributed by atoms with van der Waals surface area (Å²) < 4.78 is 6.78. The van der Waals surface area contributed by atoms with E-state index in [0.717, 1.165) is 15.6 Å². The minimum atomic E-state index is -0.325. The van der Waals surface area contributed by atoms with E-state index < -0.39 is 0 Å². The van der Waals surface area contributed by atoms with Gasteiger partial charge in [-0.15, -0.1) is 0 Å². The molecule has 0 unspecified atom stereocenters. The van der Waals surface area contributed by atoms with Gasteiger partial charge in [0.05, 0.1) is 16.8 Å². The molecule has 2 amide bonds. The molecule has 0 saturated heterocycles. The normalized spacial score (nSPS) is 13.1. The first kappa shape index (κ1) is 17.5. The van der Waals surface area contributed by atoms with Gasteiger partial charge in [-0.1, -0.05) is 34.1 Å². The molecule has 0 N–H and O–H groups in total. The van der Waals surface area contributed by atoms with Gasteiger partial charge in [0.15, 0.2) is 0 Å². The zero-order chi connectivity index (χ0) is 19.1. The lowest BCUT2D eigenvalue weighted by atomic mass is 10.1. The number of hydrogen-bond acceptors (Lipinski definition) is 3. The Bertz CT molecular complexity index is 1050. The molecule has 134 valence electrons. The number of anilines is 1. The molecule has 0 saturated carbocycles. The van der Waals surface area contributed by atoms with E-state index in [9.17, 15) is 9.59 Å². The summed E-state index contributed by atoms with van der Waals surface area (Å²) in [5.74, 6) is 0.540. The van der Waals surface area contributed by atoms with Crippen molar-refractivity contribution in [2.45, 2.75) is 13.8 Å². The number of imide groups is 1. The summed E-state index contributed by atoms with van der Waals surface area (Å²) in [6.45, 7) is 3.79. The van der Waals surface area contributed by atoms with Crippen LogP contribution in [0.5, 0.6) is 11.5 Å². The van der Waals surface area contributed by atoms with Crippen molar-refractivity contribution in [3.63, 3.8) is 0 Å². The van der Waals surface area contributed by atoms with E-state index in [0.29, 0.717) is 28.3 Å². The van der Waals surface area contributed by atoms with Gasteiger partial charge in [-0.05, 0) is 67.4 Å². The van der Waals surface area contributed by atoms with Gasteiger partial charge in [-0.2, -0.15) is 0 Å². The van der Waals surface area contributed by atoms with Crippen LogP contribution in [-0.4, -0.2) is 11.8 Å². The number of carbonyl (C=O) groups is 2. The molecule has 1 aliphatic rings. The number of aryl methyl sites for hydroxylation is 2. The van der Waals surface area contributed by atoms with Crippen molar-refractivity contribution < 1.29 is 14.3 Å². The van der Waals surface area contributed by atoms with Crippen molar-refractivity contribution in [2.24, 2.45) is 0 Å². The third-order valence-corrected chi connectivity index (χ3v) is 5.10. The highest BCUT2D eigenvalue weighted by molar-refractivity contribution is 9.10. The number of fused-ring (bicyclic) bond motifs is 1. The lowest BCUT2D eigenvalue weighted by Gasteiger charge is -2.19. The lowest BCUT2D eigenvalue weighted by Crippen LogP contribution is -2.30. The van der Waals surface area contributed by atoms with Gasteiger partial charge in [0.25, 0.3) is 11.8 Å². The largest absolute Gasteiger partial charge is 0.457 e. The zero-order valence-electron chi connectivity index (χ0n) is 14.8. The highest BCUT2D eigenvalue weighted by atomic mass is 79.9. The molecular formula is C22H16BrNO3.